The molecule has 2 aromatic carbocycles. The van der Waals surface area contributed by atoms with Gasteiger partial charge in [0.05, 0.1) is 10.5 Å². The van der Waals surface area contributed by atoms with Crippen LogP contribution in [-0.4, -0.2) is 15.9 Å². The van der Waals surface area contributed by atoms with Crippen LogP contribution in [0, 0.1) is 10.1 Å². The molecule has 0 bridgehead atoms. The summed E-state index contributed by atoms with van der Waals surface area (Å²) in [6.07, 6.45) is 0. The maximum atomic E-state index is 11.8. The molecule has 3 rings (SSSR count). The molecule has 0 fully saturated rings. The number of thiocarbonyl (C=S) groups is 1. The van der Waals surface area contributed by atoms with Gasteiger partial charge in [0, 0.05) is 22.7 Å². The highest BCUT2D eigenvalue weighted by Gasteiger charge is 2.16. The Morgan fingerprint density at radius 3 is 2.33 bits per heavy atom. The second-order valence-electron chi connectivity index (χ2n) is 5.47. The van der Waals surface area contributed by atoms with E-state index in [1.54, 1.807) is 18.2 Å². The Kier molecular flexibility index (Phi) is 5.43. The van der Waals surface area contributed by atoms with Gasteiger partial charge in [0.2, 0.25) is 0 Å². The third kappa shape index (κ3) is 4.46. The fourth-order valence-electron chi connectivity index (χ4n) is 2.34. The van der Waals surface area contributed by atoms with Crippen molar-refractivity contribution < 1.29 is 9.72 Å². The first-order chi connectivity index (χ1) is 12.9. The van der Waals surface area contributed by atoms with Crippen molar-refractivity contribution in [2.24, 2.45) is 5.73 Å². The molecule has 27 heavy (non-hydrogen) atoms. The van der Waals surface area contributed by atoms with Gasteiger partial charge in [0.25, 0.3) is 11.6 Å². The van der Waals surface area contributed by atoms with E-state index >= 15 is 0 Å². The SMILES string of the molecule is NC(=O)c1cc(-c2ccccc2)sc1NC(=S)Nc1ccc([N+](=O)[O-])cc1. The second-order valence-corrected chi connectivity index (χ2v) is 6.93. The standard InChI is InChI=1S/C18H14N4O3S2/c19-16(23)14-10-15(11-4-2-1-3-5-11)27-17(14)21-18(26)20-12-6-8-13(9-7-12)22(24)25/h1-10H,(H2,19,23)(H2,20,21,26). The van der Waals surface area contributed by atoms with Crippen LogP contribution in [0.2, 0.25) is 0 Å². The third-order valence-corrected chi connectivity index (χ3v) is 4.92. The number of amides is 1. The van der Waals surface area contributed by atoms with Crippen molar-refractivity contribution in [3.05, 3.63) is 76.3 Å². The molecular formula is C18H14N4O3S2. The second kappa shape index (κ2) is 7.94. The zero-order valence-corrected chi connectivity index (χ0v) is 15.5. The largest absolute Gasteiger partial charge is 0.366 e. The minimum atomic E-state index is -0.561. The molecule has 9 heteroatoms. The summed E-state index contributed by atoms with van der Waals surface area (Å²) in [7, 11) is 0. The molecular weight excluding hydrogens is 384 g/mol. The number of nitrogens with two attached hydrogens (primary N) is 1. The molecule has 0 saturated heterocycles. The molecule has 0 aliphatic heterocycles. The van der Waals surface area contributed by atoms with Gasteiger partial charge in [0.1, 0.15) is 5.00 Å². The quantitative estimate of drug-likeness (QED) is 0.337. The van der Waals surface area contributed by atoms with Crippen LogP contribution in [0.25, 0.3) is 10.4 Å². The Hall–Kier alpha value is -3.30. The van der Waals surface area contributed by atoms with Gasteiger partial charge in [-0.15, -0.1) is 11.3 Å². The molecule has 0 unspecified atom stereocenters. The molecule has 0 saturated carbocycles. The molecule has 0 radical (unpaired) electrons. The molecule has 1 heterocycles. The Balaban J connectivity index is 1.77. The summed E-state index contributed by atoms with van der Waals surface area (Å²) in [6.45, 7) is 0. The van der Waals surface area contributed by atoms with Crippen LogP contribution in [0.4, 0.5) is 16.4 Å². The fourth-order valence-corrected chi connectivity index (χ4v) is 3.70. The van der Waals surface area contributed by atoms with Crippen LogP contribution < -0.4 is 16.4 Å². The van der Waals surface area contributed by atoms with Gasteiger partial charge in [-0.2, -0.15) is 0 Å². The highest BCUT2D eigenvalue weighted by atomic mass is 32.1. The van der Waals surface area contributed by atoms with E-state index in [1.807, 2.05) is 30.3 Å². The number of nitrogens with one attached hydrogen (secondary N) is 2. The van der Waals surface area contributed by atoms with E-state index in [-0.39, 0.29) is 10.8 Å². The van der Waals surface area contributed by atoms with Gasteiger partial charge in [-0.25, -0.2) is 0 Å². The van der Waals surface area contributed by atoms with Crippen molar-refractivity contribution in [1.29, 1.82) is 0 Å². The Morgan fingerprint density at radius 2 is 1.74 bits per heavy atom. The summed E-state index contributed by atoms with van der Waals surface area (Å²) in [5.41, 5.74) is 7.35. The number of nitro benzene ring substituents is 1. The topological polar surface area (TPSA) is 110 Å². The summed E-state index contributed by atoms with van der Waals surface area (Å²) < 4.78 is 0. The Bertz CT molecular complexity index is 1000. The third-order valence-electron chi connectivity index (χ3n) is 3.62. The van der Waals surface area contributed by atoms with E-state index in [2.05, 4.69) is 10.6 Å². The van der Waals surface area contributed by atoms with Crippen LogP contribution in [0.15, 0.2) is 60.7 Å². The molecule has 0 spiro atoms. The van der Waals surface area contributed by atoms with Crippen molar-refractivity contribution >= 4 is 51.0 Å². The number of carbonyl (C=O) groups excluding carboxylic acids is 1. The van der Waals surface area contributed by atoms with Gasteiger partial charge in [0.15, 0.2) is 5.11 Å². The Morgan fingerprint density at radius 1 is 1.07 bits per heavy atom. The van der Waals surface area contributed by atoms with Crippen LogP contribution >= 0.6 is 23.6 Å². The highest BCUT2D eigenvalue weighted by Crippen LogP contribution is 2.35. The number of rotatable bonds is 5. The molecule has 0 aliphatic carbocycles. The van der Waals surface area contributed by atoms with E-state index in [0.29, 0.717) is 16.3 Å². The lowest BCUT2D eigenvalue weighted by atomic mass is 10.1. The lowest BCUT2D eigenvalue weighted by Gasteiger charge is -2.10. The average Bonchev–Trinajstić information content (AvgIpc) is 3.07. The first kappa shape index (κ1) is 18.5. The highest BCUT2D eigenvalue weighted by molar-refractivity contribution is 7.80. The smallest absolute Gasteiger partial charge is 0.269 e. The minimum absolute atomic E-state index is 0.0128. The molecule has 0 atom stereocenters. The monoisotopic (exact) mass is 398 g/mol. The molecule has 7 nitrogen and oxygen atoms in total. The van der Waals surface area contributed by atoms with Gasteiger partial charge in [-0.1, -0.05) is 30.3 Å². The Labute approximate surface area is 164 Å². The lowest BCUT2D eigenvalue weighted by molar-refractivity contribution is -0.384. The number of hydrogen-bond donors (Lipinski definition) is 3. The number of primary amides is 1. The molecule has 1 aromatic heterocycles. The van der Waals surface area contributed by atoms with Gasteiger partial charge < -0.3 is 16.4 Å². The van der Waals surface area contributed by atoms with Gasteiger partial charge >= 0.3 is 0 Å². The predicted octanol–water partition coefficient (Wildman–Crippen LogP) is 4.23. The zero-order chi connectivity index (χ0) is 19.4. The van der Waals surface area contributed by atoms with Crippen LogP contribution in [0.5, 0.6) is 0 Å². The van der Waals surface area contributed by atoms with E-state index in [1.165, 1.54) is 23.5 Å². The summed E-state index contributed by atoms with van der Waals surface area (Å²) in [5.74, 6) is -0.561. The number of carbonyl (C=O) groups is 1. The van der Waals surface area contributed by atoms with E-state index < -0.39 is 10.8 Å². The normalized spacial score (nSPS) is 10.2. The van der Waals surface area contributed by atoms with Crippen LogP contribution in [-0.2, 0) is 0 Å². The maximum Gasteiger partial charge on any atom is 0.269 e. The number of non-ortho nitro benzene ring substituents is 1. The van der Waals surface area contributed by atoms with Crippen molar-refractivity contribution in [2.45, 2.75) is 0 Å². The number of benzene rings is 2. The van der Waals surface area contributed by atoms with Crippen molar-refractivity contribution in [3.63, 3.8) is 0 Å². The van der Waals surface area contributed by atoms with E-state index in [9.17, 15) is 14.9 Å². The predicted molar refractivity (Wildman–Crippen MR) is 111 cm³/mol. The lowest BCUT2D eigenvalue weighted by Crippen LogP contribution is -2.21. The van der Waals surface area contributed by atoms with E-state index in [4.69, 9.17) is 18.0 Å². The summed E-state index contributed by atoms with van der Waals surface area (Å²) in [6, 6.07) is 17.2. The molecule has 136 valence electrons. The van der Waals surface area contributed by atoms with Crippen molar-refractivity contribution in [1.82, 2.24) is 0 Å². The summed E-state index contributed by atoms with van der Waals surface area (Å²) >= 11 is 6.63. The van der Waals surface area contributed by atoms with Crippen LogP contribution in [0.3, 0.4) is 0 Å². The molecule has 4 N–H and O–H groups in total. The van der Waals surface area contributed by atoms with Crippen molar-refractivity contribution in [2.75, 3.05) is 10.6 Å². The number of nitro groups is 1. The minimum Gasteiger partial charge on any atom is -0.366 e. The molecule has 3 aromatic rings. The first-order valence-corrected chi connectivity index (χ1v) is 8.98. The fraction of sp³-hybridized carbons (Fsp3) is 0. The van der Waals surface area contributed by atoms with E-state index in [0.717, 1.165) is 10.4 Å². The number of anilines is 2. The average molecular weight is 398 g/mol. The maximum absolute atomic E-state index is 11.8. The summed E-state index contributed by atoms with van der Waals surface area (Å²) in [4.78, 5) is 22.9. The van der Waals surface area contributed by atoms with Gasteiger partial charge in [-0.05, 0) is 36.0 Å². The first-order valence-electron chi connectivity index (χ1n) is 7.75. The number of thiophene rings is 1. The van der Waals surface area contributed by atoms with Crippen molar-refractivity contribution in [3.8, 4) is 10.4 Å². The number of hydrogen-bond acceptors (Lipinski definition) is 5. The van der Waals surface area contributed by atoms with Gasteiger partial charge in [-0.3, -0.25) is 14.9 Å². The number of nitrogens with zero attached hydrogens (tertiary/aromatic N) is 1. The van der Waals surface area contributed by atoms with Crippen LogP contribution in [0.1, 0.15) is 10.4 Å². The zero-order valence-electron chi connectivity index (χ0n) is 13.8. The molecule has 1 amide bonds. The molecule has 0 aliphatic rings. The summed E-state index contributed by atoms with van der Waals surface area (Å²) in [5, 5.41) is 17.4.